The van der Waals surface area contributed by atoms with E-state index in [9.17, 15) is 4.79 Å². The third kappa shape index (κ3) is 3.95. The Labute approximate surface area is 70.8 Å². The first-order valence-corrected chi connectivity index (χ1v) is 3.66. The second-order valence-corrected chi connectivity index (χ2v) is 2.05. The molecule has 0 heterocycles. The fourth-order valence-electron chi connectivity index (χ4n) is 0.652. The molecule has 0 amide bonds. The average Bonchev–Trinajstić information content (AvgIpc) is 2.00. The molecule has 0 radical (unpaired) electrons. The Bertz CT molecular complexity index is 176. The van der Waals surface area contributed by atoms with E-state index < -0.39 is 5.97 Å². The molecule has 12 heavy (non-hydrogen) atoms. The first-order chi connectivity index (χ1) is 5.61. The van der Waals surface area contributed by atoms with Crippen LogP contribution in [0.15, 0.2) is 11.8 Å². The molecule has 0 spiro atoms. The summed E-state index contributed by atoms with van der Waals surface area (Å²) in [4.78, 5) is 11.0. The summed E-state index contributed by atoms with van der Waals surface area (Å²) < 4.78 is 4.64. The highest BCUT2D eigenvalue weighted by Crippen LogP contribution is 2.03. The summed E-state index contributed by atoms with van der Waals surface area (Å²) >= 11 is 0. The number of esters is 1. The summed E-state index contributed by atoms with van der Waals surface area (Å²) in [5.74, 6) is -0.534. The number of nitrogens with zero attached hydrogens (tertiary/aromatic N) is 1. The molecule has 0 aromatic heterocycles. The molecule has 0 aliphatic rings. The SMILES string of the molecule is CCOC(=O)C(=CN(O)O)CC. The molecule has 0 rings (SSSR count). The fraction of sp³-hybridized carbons (Fsp3) is 0.571. The highest BCUT2D eigenvalue weighted by molar-refractivity contribution is 5.88. The predicted molar refractivity (Wildman–Crippen MR) is 40.4 cm³/mol. The van der Waals surface area contributed by atoms with Gasteiger partial charge in [-0.25, -0.2) is 4.79 Å². The Morgan fingerprint density at radius 2 is 2.08 bits per heavy atom. The van der Waals surface area contributed by atoms with E-state index in [2.05, 4.69) is 4.74 Å². The van der Waals surface area contributed by atoms with Gasteiger partial charge in [-0.05, 0) is 13.3 Å². The van der Waals surface area contributed by atoms with Gasteiger partial charge in [0.25, 0.3) is 0 Å². The van der Waals surface area contributed by atoms with Crippen molar-refractivity contribution in [1.82, 2.24) is 5.23 Å². The standard InChI is InChI=1S/C7H13NO4/c1-3-6(5-8(10)11)7(9)12-4-2/h5,10-11H,3-4H2,1-2H3. The smallest absolute Gasteiger partial charge is 0.335 e. The van der Waals surface area contributed by atoms with Gasteiger partial charge in [0.2, 0.25) is 0 Å². The predicted octanol–water partition coefficient (Wildman–Crippen LogP) is 0.924. The van der Waals surface area contributed by atoms with Gasteiger partial charge in [0.15, 0.2) is 0 Å². The maximum atomic E-state index is 11.0. The molecule has 0 atom stereocenters. The maximum absolute atomic E-state index is 11.0. The van der Waals surface area contributed by atoms with Crippen LogP contribution in [0.3, 0.4) is 0 Å². The van der Waals surface area contributed by atoms with Crippen LogP contribution >= 0.6 is 0 Å². The lowest BCUT2D eigenvalue weighted by atomic mass is 10.2. The Hall–Kier alpha value is -1.07. The van der Waals surface area contributed by atoms with E-state index in [0.717, 1.165) is 6.20 Å². The van der Waals surface area contributed by atoms with E-state index in [1.807, 2.05) is 0 Å². The zero-order chi connectivity index (χ0) is 9.56. The van der Waals surface area contributed by atoms with Gasteiger partial charge in [-0.1, -0.05) is 6.92 Å². The summed E-state index contributed by atoms with van der Waals surface area (Å²) in [6, 6.07) is 0. The van der Waals surface area contributed by atoms with E-state index in [1.165, 1.54) is 0 Å². The topological polar surface area (TPSA) is 70.0 Å². The minimum atomic E-state index is -0.534. The van der Waals surface area contributed by atoms with Crippen LogP contribution < -0.4 is 0 Å². The molecule has 0 fully saturated rings. The Balaban J connectivity index is 4.23. The molecular formula is C7H13NO4. The molecule has 0 aliphatic carbocycles. The van der Waals surface area contributed by atoms with Gasteiger partial charge in [0.1, 0.15) is 0 Å². The van der Waals surface area contributed by atoms with E-state index in [1.54, 1.807) is 13.8 Å². The number of carbonyl (C=O) groups excluding carboxylic acids is 1. The molecule has 5 heteroatoms. The quantitative estimate of drug-likeness (QED) is 0.378. The van der Waals surface area contributed by atoms with Gasteiger partial charge in [-0.3, -0.25) is 10.4 Å². The number of hydrogen-bond donors (Lipinski definition) is 2. The van der Waals surface area contributed by atoms with Crippen LogP contribution in [-0.4, -0.2) is 28.2 Å². The van der Waals surface area contributed by atoms with Gasteiger partial charge >= 0.3 is 5.97 Å². The van der Waals surface area contributed by atoms with E-state index in [-0.39, 0.29) is 17.4 Å². The van der Waals surface area contributed by atoms with Crippen molar-refractivity contribution in [2.45, 2.75) is 20.3 Å². The molecule has 0 aromatic rings. The molecule has 0 aromatic carbocycles. The Kier molecular flexibility index (Phi) is 5.07. The summed E-state index contributed by atoms with van der Waals surface area (Å²) in [6.45, 7) is 3.67. The van der Waals surface area contributed by atoms with E-state index in [4.69, 9.17) is 10.4 Å². The zero-order valence-electron chi connectivity index (χ0n) is 7.15. The molecule has 70 valence electrons. The van der Waals surface area contributed by atoms with Gasteiger partial charge in [0.05, 0.1) is 18.4 Å². The van der Waals surface area contributed by atoms with Gasteiger partial charge in [0, 0.05) is 0 Å². The van der Waals surface area contributed by atoms with Gasteiger partial charge in [-0.15, -0.1) is 5.23 Å². The van der Waals surface area contributed by atoms with Crippen molar-refractivity contribution in [2.75, 3.05) is 6.61 Å². The average molecular weight is 175 g/mol. The number of rotatable bonds is 4. The minimum Gasteiger partial charge on any atom is -0.463 e. The van der Waals surface area contributed by atoms with Crippen LogP contribution in [-0.2, 0) is 9.53 Å². The highest BCUT2D eigenvalue weighted by atomic mass is 16.8. The Morgan fingerprint density at radius 1 is 1.50 bits per heavy atom. The molecule has 0 aliphatic heterocycles. The summed E-state index contributed by atoms with van der Waals surface area (Å²) in [5.41, 5.74) is 0.210. The minimum absolute atomic E-state index is 0.157. The zero-order valence-corrected chi connectivity index (χ0v) is 7.15. The lowest BCUT2D eigenvalue weighted by Crippen LogP contribution is -2.12. The summed E-state index contributed by atoms with van der Waals surface area (Å²) in [7, 11) is 0. The second kappa shape index (κ2) is 5.56. The molecule has 2 N–H and O–H groups in total. The van der Waals surface area contributed by atoms with Crippen LogP contribution in [0.1, 0.15) is 20.3 Å². The second-order valence-electron chi connectivity index (χ2n) is 2.05. The largest absolute Gasteiger partial charge is 0.463 e. The lowest BCUT2D eigenvalue weighted by molar-refractivity contribution is -0.268. The van der Waals surface area contributed by atoms with E-state index in [0.29, 0.717) is 6.42 Å². The normalized spacial score (nSPS) is 11.2. The van der Waals surface area contributed by atoms with Crippen LogP contribution in [0.4, 0.5) is 0 Å². The van der Waals surface area contributed by atoms with Crippen LogP contribution in [0, 0.1) is 0 Å². The number of carbonyl (C=O) groups is 1. The number of ether oxygens (including phenoxy) is 1. The molecule has 5 nitrogen and oxygen atoms in total. The van der Waals surface area contributed by atoms with E-state index >= 15 is 0 Å². The highest BCUT2D eigenvalue weighted by Gasteiger charge is 2.08. The van der Waals surface area contributed by atoms with Crippen molar-refractivity contribution in [3.8, 4) is 0 Å². The summed E-state index contributed by atoms with van der Waals surface area (Å²) in [5, 5.41) is 16.6. The first kappa shape index (κ1) is 10.9. The maximum Gasteiger partial charge on any atom is 0.335 e. The lowest BCUT2D eigenvalue weighted by Gasteiger charge is -2.06. The van der Waals surface area contributed by atoms with Crippen molar-refractivity contribution in [3.63, 3.8) is 0 Å². The Morgan fingerprint density at radius 3 is 2.42 bits per heavy atom. The van der Waals surface area contributed by atoms with Crippen molar-refractivity contribution < 1.29 is 19.9 Å². The summed E-state index contributed by atoms with van der Waals surface area (Å²) in [6.07, 6.45) is 1.29. The van der Waals surface area contributed by atoms with Crippen LogP contribution in [0.5, 0.6) is 0 Å². The molecule has 0 saturated heterocycles. The van der Waals surface area contributed by atoms with Crippen LogP contribution in [0.2, 0.25) is 0 Å². The monoisotopic (exact) mass is 175 g/mol. The fourth-order valence-corrected chi connectivity index (χ4v) is 0.652. The number of hydrogen-bond acceptors (Lipinski definition) is 5. The van der Waals surface area contributed by atoms with Gasteiger partial charge in [-0.2, -0.15) is 0 Å². The molecule has 0 unspecified atom stereocenters. The van der Waals surface area contributed by atoms with Crippen molar-refractivity contribution in [3.05, 3.63) is 11.8 Å². The first-order valence-electron chi connectivity index (χ1n) is 3.66. The third-order valence-corrected chi connectivity index (χ3v) is 1.19. The number of hydroxylamine groups is 2. The molecular weight excluding hydrogens is 162 g/mol. The van der Waals surface area contributed by atoms with Crippen molar-refractivity contribution in [1.29, 1.82) is 0 Å². The molecule has 0 saturated carbocycles. The van der Waals surface area contributed by atoms with Gasteiger partial charge < -0.3 is 4.74 Å². The third-order valence-electron chi connectivity index (χ3n) is 1.19. The van der Waals surface area contributed by atoms with Crippen LogP contribution in [0.25, 0.3) is 0 Å². The molecule has 0 bridgehead atoms. The van der Waals surface area contributed by atoms with Crippen molar-refractivity contribution >= 4 is 5.97 Å². The van der Waals surface area contributed by atoms with Crippen molar-refractivity contribution in [2.24, 2.45) is 0 Å².